The summed E-state index contributed by atoms with van der Waals surface area (Å²) in [7, 11) is 0. The first-order valence-electron chi connectivity index (χ1n) is 21.1. The third-order valence-corrected chi connectivity index (χ3v) is 12.8. The Labute approximate surface area is 322 Å². The lowest BCUT2D eigenvalue weighted by molar-refractivity contribution is -0.169. The van der Waals surface area contributed by atoms with Gasteiger partial charge in [-0.2, -0.15) is 0 Å². The molecule has 0 radical (unpaired) electrons. The minimum absolute atomic E-state index is 0.0621. The Morgan fingerprint density at radius 2 is 1.42 bits per heavy atom. The van der Waals surface area contributed by atoms with Crippen LogP contribution in [-0.2, 0) is 23.7 Å². The smallest absolute Gasteiger partial charge is 0.145 e. The van der Waals surface area contributed by atoms with E-state index >= 15 is 0 Å². The van der Waals surface area contributed by atoms with Gasteiger partial charge in [-0.15, -0.1) is 0 Å². The van der Waals surface area contributed by atoms with Crippen LogP contribution in [0.4, 0.5) is 0 Å². The lowest BCUT2D eigenvalue weighted by atomic mass is 9.43. The van der Waals surface area contributed by atoms with E-state index in [0.717, 1.165) is 58.0 Å². The first-order valence-corrected chi connectivity index (χ1v) is 21.1. The fraction of sp³-hybridized carbons (Fsp3) is 0.804. The number of rotatable bonds is 32. The van der Waals surface area contributed by atoms with Crippen LogP contribution in [-0.4, -0.2) is 63.2 Å². The van der Waals surface area contributed by atoms with Gasteiger partial charge in [0.25, 0.3) is 0 Å². The lowest BCUT2D eigenvalue weighted by Crippen LogP contribution is -2.57. The van der Waals surface area contributed by atoms with Gasteiger partial charge in [-0.05, 0) is 91.1 Å². The molecule has 304 valence electrons. The molecule has 0 amide bonds. The second-order valence-electron chi connectivity index (χ2n) is 15.4. The Morgan fingerprint density at radius 1 is 0.827 bits per heavy atom. The summed E-state index contributed by atoms with van der Waals surface area (Å²) in [6.07, 6.45) is 24.6. The van der Waals surface area contributed by atoms with Crippen molar-refractivity contribution in [3.05, 3.63) is 49.3 Å². The van der Waals surface area contributed by atoms with Crippen LogP contribution in [0.25, 0.3) is 0 Å². The molecule has 0 aromatic heterocycles. The molecule has 1 aliphatic rings. The van der Waals surface area contributed by atoms with E-state index < -0.39 is 6.10 Å². The van der Waals surface area contributed by atoms with Gasteiger partial charge in [0, 0.05) is 0 Å². The number of carbonyl (C=O) groups is 1. The van der Waals surface area contributed by atoms with E-state index in [1.54, 1.807) is 19.3 Å². The molecule has 0 aromatic rings. The molecular weight excluding hydrogens is 649 g/mol. The lowest BCUT2D eigenvalue weighted by Gasteiger charge is -2.62. The molecule has 0 saturated carbocycles. The molecule has 1 N–H and O–H groups in total. The van der Waals surface area contributed by atoms with Crippen molar-refractivity contribution in [2.24, 2.45) is 34.0 Å². The highest BCUT2D eigenvalue weighted by atomic mass is 16.6. The molecular formula is C46H84O6. The van der Waals surface area contributed by atoms with Gasteiger partial charge in [-0.3, -0.25) is 4.79 Å². The van der Waals surface area contributed by atoms with E-state index in [4.69, 9.17) is 18.9 Å². The van der Waals surface area contributed by atoms with Crippen molar-refractivity contribution < 1.29 is 28.8 Å². The minimum atomic E-state index is -0.679. The second kappa shape index (κ2) is 28.7. The van der Waals surface area contributed by atoms with Crippen molar-refractivity contribution in [1.82, 2.24) is 0 Å². The molecule has 6 nitrogen and oxygen atoms in total. The van der Waals surface area contributed by atoms with Gasteiger partial charge in [-0.1, -0.05) is 139 Å². The van der Waals surface area contributed by atoms with Gasteiger partial charge in [0.1, 0.15) is 25.1 Å². The first-order chi connectivity index (χ1) is 25.0. The van der Waals surface area contributed by atoms with E-state index in [0.29, 0.717) is 36.5 Å². The van der Waals surface area contributed by atoms with Crippen LogP contribution in [0.15, 0.2) is 49.3 Å². The van der Waals surface area contributed by atoms with Gasteiger partial charge in [0.15, 0.2) is 0 Å². The van der Waals surface area contributed by atoms with Crippen molar-refractivity contribution in [3.8, 4) is 0 Å². The largest absolute Gasteiger partial charge is 0.498 e. The highest BCUT2D eigenvalue weighted by molar-refractivity contribution is 5.70. The summed E-state index contributed by atoms with van der Waals surface area (Å²) < 4.78 is 24.4. The number of ether oxygens (including phenoxy) is 4. The molecule has 0 aromatic carbocycles. The number of hydrogen-bond donors (Lipinski definition) is 1. The Morgan fingerprint density at radius 3 is 1.88 bits per heavy atom. The molecule has 1 aliphatic heterocycles. The fourth-order valence-corrected chi connectivity index (χ4v) is 9.42. The first kappa shape index (κ1) is 50.3. The Bertz CT molecular complexity index is 965. The number of aldehydes is 1. The van der Waals surface area contributed by atoms with Crippen LogP contribution < -0.4 is 0 Å². The Kier molecular flexibility index (Phi) is 27.7. The maximum absolute atomic E-state index is 10.9. The van der Waals surface area contributed by atoms with Crippen LogP contribution in [0.3, 0.4) is 0 Å². The number of carbonyl (C=O) groups excluding carboxylic acids is 1. The Balaban J connectivity index is 0.00000484. The highest BCUT2D eigenvalue weighted by Crippen LogP contribution is 2.65. The van der Waals surface area contributed by atoms with Crippen LogP contribution in [0.1, 0.15) is 153 Å². The molecule has 52 heavy (non-hydrogen) atoms. The van der Waals surface area contributed by atoms with Crippen molar-refractivity contribution in [3.63, 3.8) is 0 Å². The summed E-state index contributed by atoms with van der Waals surface area (Å²) in [4.78, 5) is 9.41. The van der Waals surface area contributed by atoms with Crippen molar-refractivity contribution in [2.75, 3.05) is 39.6 Å². The average Bonchev–Trinajstić information content (AvgIpc) is 3.99. The molecule has 4 atom stereocenters. The zero-order valence-electron chi connectivity index (χ0n) is 35.7. The maximum atomic E-state index is 10.9. The van der Waals surface area contributed by atoms with E-state index in [9.17, 15) is 9.90 Å². The number of aliphatic hydroxyl groups excluding tert-OH is 1. The molecule has 1 rings (SSSR count). The summed E-state index contributed by atoms with van der Waals surface area (Å²) in [6.45, 7) is 33.9. The predicted octanol–water partition coefficient (Wildman–Crippen LogP) is 11.9. The normalized spacial score (nSPS) is 16.8. The van der Waals surface area contributed by atoms with E-state index in [2.05, 4.69) is 75.5 Å². The molecule has 1 fully saturated rings. The third-order valence-electron chi connectivity index (χ3n) is 12.8. The van der Waals surface area contributed by atoms with Gasteiger partial charge >= 0.3 is 0 Å². The SMILES string of the molecule is C=C(C)C=O.C=C/C=C\C=C/OCC(O)COCC(C(CC)(CC)CCCCC)C(CC)(CC)C(CC)(CC)C(COCC1CO1)CC(CC)CC. The number of aliphatic hydroxyl groups is 1. The summed E-state index contributed by atoms with van der Waals surface area (Å²) in [5.41, 5.74) is 0.904. The van der Waals surface area contributed by atoms with Crippen molar-refractivity contribution >= 4 is 6.29 Å². The van der Waals surface area contributed by atoms with Gasteiger partial charge < -0.3 is 24.1 Å². The molecule has 0 aliphatic carbocycles. The number of allylic oxidation sites excluding steroid dienone is 5. The van der Waals surface area contributed by atoms with E-state index in [-0.39, 0.29) is 35.6 Å². The number of unbranched alkanes of at least 4 members (excludes halogenated alkanes) is 2. The predicted molar refractivity (Wildman–Crippen MR) is 222 cm³/mol. The topological polar surface area (TPSA) is 77.5 Å². The van der Waals surface area contributed by atoms with Gasteiger partial charge in [0.2, 0.25) is 0 Å². The maximum Gasteiger partial charge on any atom is 0.145 e. The summed E-state index contributed by atoms with van der Waals surface area (Å²) in [5, 5.41) is 10.9. The summed E-state index contributed by atoms with van der Waals surface area (Å²) >= 11 is 0. The molecule has 1 saturated heterocycles. The van der Waals surface area contributed by atoms with E-state index in [1.807, 2.05) is 18.2 Å². The van der Waals surface area contributed by atoms with Crippen LogP contribution >= 0.6 is 0 Å². The molecule has 0 bridgehead atoms. The van der Waals surface area contributed by atoms with Gasteiger partial charge in [-0.25, -0.2) is 0 Å². The van der Waals surface area contributed by atoms with Gasteiger partial charge in [0.05, 0.1) is 39.3 Å². The molecule has 6 heteroatoms. The summed E-state index contributed by atoms with van der Waals surface area (Å²) in [6, 6.07) is 0. The fourth-order valence-electron chi connectivity index (χ4n) is 9.42. The van der Waals surface area contributed by atoms with Crippen LogP contribution in [0.2, 0.25) is 0 Å². The molecule has 4 unspecified atom stereocenters. The average molecular weight is 733 g/mol. The highest BCUT2D eigenvalue weighted by Gasteiger charge is 2.59. The second-order valence-corrected chi connectivity index (χ2v) is 15.4. The van der Waals surface area contributed by atoms with Crippen LogP contribution in [0, 0.1) is 34.0 Å². The molecule has 1 heterocycles. The Hall–Kier alpha value is -1.73. The monoisotopic (exact) mass is 733 g/mol. The summed E-state index contributed by atoms with van der Waals surface area (Å²) in [5.74, 6) is 1.53. The zero-order chi connectivity index (χ0) is 39.5. The van der Waals surface area contributed by atoms with Crippen molar-refractivity contribution in [2.45, 2.75) is 165 Å². The van der Waals surface area contributed by atoms with Crippen LogP contribution in [0.5, 0.6) is 0 Å². The van der Waals surface area contributed by atoms with Crippen molar-refractivity contribution in [1.29, 1.82) is 0 Å². The number of epoxide rings is 1. The quantitative estimate of drug-likeness (QED) is 0.0185. The third kappa shape index (κ3) is 15.9. The standard InChI is InChI=1S/C42H78O5.C4H6O/c1-11-21-23-25-27-44-30-37(43)31-46-34-39(40(15-5,16-6)26-24-22-12-2)42(19-9,20-10)41(17-7,18-8)36(28-35(13-3)14-4)29-45-32-38-33-47-38;1-4(2)3-5/h11,21,23,25,27,35-39,43H,1,12-20,22,24,26,28-34H2,2-10H3;3H,1H2,2H3/b23-21-,27-25-;. The minimum Gasteiger partial charge on any atom is -0.498 e. The number of hydrogen-bond acceptors (Lipinski definition) is 6. The zero-order valence-corrected chi connectivity index (χ0v) is 35.7. The molecule has 0 spiro atoms. The van der Waals surface area contributed by atoms with E-state index in [1.165, 1.54) is 44.9 Å².